The number of carbonyl (C=O) groups is 1. The highest BCUT2D eigenvalue weighted by atomic mass is 31.3. The highest BCUT2D eigenvalue weighted by Crippen LogP contribution is 2.60. The van der Waals surface area contributed by atoms with Gasteiger partial charge in [-0.3, -0.25) is 13.6 Å². The molecule has 2 aromatic heterocycles. The number of aliphatic hydroxyl groups is 5. The third-order valence-corrected chi connectivity index (χ3v) is 8.52. The molecular formula is C18H27N5O16P2. The molecule has 0 bridgehead atoms. The fraction of sp³-hybridized carbons (Fsp3) is 0.667. The molecule has 23 heteroatoms. The average Bonchev–Trinajstić information content (AvgIpc) is 3.52. The van der Waals surface area contributed by atoms with Crippen LogP contribution in [0.5, 0.6) is 0 Å². The maximum Gasteiger partial charge on any atom is 0.481 e. The number of esters is 1. The molecular weight excluding hydrogens is 604 g/mol. The Balaban J connectivity index is 1.31. The number of phosphoric ester groups is 2. The van der Waals surface area contributed by atoms with Gasteiger partial charge in [0.2, 0.25) is 0 Å². The van der Waals surface area contributed by atoms with Gasteiger partial charge >= 0.3 is 21.6 Å². The predicted molar refractivity (Wildman–Crippen MR) is 127 cm³/mol. The molecule has 0 spiro atoms. The van der Waals surface area contributed by atoms with Crippen molar-refractivity contribution in [2.75, 3.05) is 18.9 Å². The Kier molecular flexibility index (Phi) is 9.43. The lowest BCUT2D eigenvalue weighted by molar-refractivity contribution is -0.180. The van der Waals surface area contributed by atoms with Crippen molar-refractivity contribution in [2.45, 2.75) is 62.2 Å². The summed E-state index contributed by atoms with van der Waals surface area (Å²) in [7, 11) is -10.8. The maximum atomic E-state index is 12.3. The van der Waals surface area contributed by atoms with Gasteiger partial charge in [0.25, 0.3) is 0 Å². The van der Waals surface area contributed by atoms with E-state index in [9.17, 15) is 49.2 Å². The van der Waals surface area contributed by atoms with Crippen molar-refractivity contribution >= 4 is 38.6 Å². The number of aromatic nitrogens is 4. The SMILES string of the molecule is C[C@H](O)C(=O)O[C@H]1C(O)O[C@H](COP(=O)(O)OP(=O)(O)OC[C@H]2O[C@@H](n3cnc4c(N)ncnc43)[C@H](O)[C@@H]2O)[C@H]1O. The summed E-state index contributed by atoms with van der Waals surface area (Å²) in [5.74, 6) is -1.15. The Bertz CT molecular complexity index is 1350. The van der Waals surface area contributed by atoms with Crippen molar-refractivity contribution in [3.63, 3.8) is 0 Å². The molecule has 9 N–H and O–H groups in total. The highest BCUT2D eigenvalue weighted by molar-refractivity contribution is 7.61. The van der Waals surface area contributed by atoms with E-state index in [1.165, 1.54) is 10.9 Å². The van der Waals surface area contributed by atoms with E-state index in [-0.39, 0.29) is 17.0 Å². The molecule has 0 aromatic carbocycles. The third-order valence-electron chi connectivity index (χ3n) is 5.91. The topological polar surface area (TPSA) is 318 Å². The number of nitrogen functional groups attached to an aromatic ring is 1. The number of aliphatic hydroxyl groups excluding tert-OH is 5. The molecule has 4 heterocycles. The second-order valence-corrected chi connectivity index (χ2v) is 11.9. The molecule has 41 heavy (non-hydrogen) atoms. The van der Waals surface area contributed by atoms with Gasteiger partial charge in [0.15, 0.2) is 30.1 Å². The second kappa shape index (κ2) is 12.2. The molecule has 2 aliphatic rings. The van der Waals surface area contributed by atoms with E-state index in [4.69, 9.17) is 19.9 Å². The number of anilines is 1. The first-order valence-corrected chi connectivity index (χ1v) is 14.6. The number of nitrogens with zero attached hydrogens (tertiary/aromatic N) is 4. The number of carbonyl (C=O) groups excluding carboxylic acids is 1. The van der Waals surface area contributed by atoms with Crippen LogP contribution in [0.4, 0.5) is 5.82 Å². The summed E-state index contributed by atoms with van der Waals surface area (Å²) >= 11 is 0. The van der Waals surface area contributed by atoms with Gasteiger partial charge in [-0.05, 0) is 6.92 Å². The van der Waals surface area contributed by atoms with Crippen molar-refractivity contribution in [1.29, 1.82) is 0 Å². The summed E-state index contributed by atoms with van der Waals surface area (Å²) in [5, 5.41) is 49.9. The van der Waals surface area contributed by atoms with Crippen LogP contribution in [-0.2, 0) is 41.5 Å². The standard InChI is InChI=1S/C18H27N5O16P2/c1-6(24)17(28)38-13-11(26)8(37-18(13)29)3-35-41(32,33)39-40(30,31)34-2-7-10(25)12(27)16(36-7)23-5-22-9-14(19)20-4-21-15(9)23/h4-8,10-13,16,18,24-27,29H,2-3H2,1H3,(H,30,31)(H,32,33)(H2,19,20,21)/t6-,7+,8+,10+,11+,12+,13+,16+,18?/m0/s1. The summed E-state index contributed by atoms with van der Waals surface area (Å²) in [6.45, 7) is -0.848. The number of nitrogens with two attached hydrogens (primary N) is 1. The summed E-state index contributed by atoms with van der Waals surface area (Å²) in [5.41, 5.74) is 6.06. The second-order valence-electron chi connectivity index (χ2n) is 8.87. The summed E-state index contributed by atoms with van der Waals surface area (Å²) in [6, 6.07) is 0. The molecule has 0 aliphatic carbocycles. The van der Waals surface area contributed by atoms with Gasteiger partial charge in [-0.1, -0.05) is 0 Å². The van der Waals surface area contributed by atoms with Crippen LogP contribution in [0.15, 0.2) is 12.7 Å². The van der Waals surface area contributed by atoms with Crippen molar-refractivity contribution < 1.29 is 76.8 Å². The van der Waals surface area contributed by atoms with Crippen LogP contribution in [-0.4, -0.2) is 123 Å². The largest absolute Gasteiger partial charge is 0.481 e. The van der Waals surface area contributed by atoms with Crippen molar-refractivity contribution in [3.8, 4) is 0 Å². The summed E-state index contributed by atoms with van der Waals surface area (Å²) < 4.78 is 54.2. The maximum absolute atomic E-state index is 12.3. The summed E-state index contributed by atoms with van der Waals surface area (Å²) in [6.07, 6.45) is -12.2. The molecule has 0 amide bonds. The molecule has 11 atom stereocenters. The fourth-order valence-corrected chi connectivity index (χ4v) is 5.97. The molecule has 4 rings (SSSR count). The quantitative estimate of drug-likeness (QED) is 0.0887. The van der Waals surface area contributed by atoms with Gasteiger partial charge in [0.05, 0.1) is 19.5 Å². The van der Waals surface area contributed by atoms with Gasteiger partial charge in [-0.2, -0.15) is 4.31 Å². The number of ether oxygens (including phenoxy) is 3. The Labute approximate surface area is 229 Å². The number of phosphoric acid groups is 2. The van der Waals surface area contributed by atoms with Crippen molar-refractivity contribution in [3.05, 3.63) is 12.7 Å². The predicted octanol–water partition coefficient (Wildman–Crippen LogP) is -3.35. The van der Waals surface area contributed by atoms with E-state index in [1.807, 2.05) is 0 Å². The van der Waals surface area contributed by atoms with Gasteiger partial charge in [-0.15, -0.1) is 0 Å². The number of imidazole rings is 1. The first-order valence-electron chi connectivity index (χ1n) is 11.6. The zero-order valence-corrected chi connectivity index (χ0v) is 22.6. The molecule has 0 saturated carbocycles. The highest BCUT2D eigenvalue weighted by Gasteiger charge is 2.48. The molecule has 3 unspecified atom stereocenters. The third kappa shape index (κ3) is 7.07. The van der Waals surface area contributed by atoms with Crippen LogP contribution < -0.4 is 5.73 Å². The van der Waals surface area contributed by atoms with Gasteiger partial charge in [0.1, 0.15) is 48.5 Å². The lowest BCUT2D eigenvalue weighted by Gasteiger charge is -2.21. The summed E-state index contributed by atoms with van der Waals surface area (Å²) in [4.78, 5) is 43.0. The number of fused-ring (bicyclic) bond motifs is 1. The van der Waals surface area contributed by atoms with Gasteiger partial charge < -0.3 is 55.3 Å². The van der Waals surface area contributed by atoms with Crippen LogP contribution in [0.25, 0.3) is 11.2 Å². The normalized spacial score (nSPS) is 33.9. The zero-order valence-electron chi connectivity index (χ0n) is 20.8. The number of hydrogen-bond donors (Lipinski definition) is 8. The average molecular weight is 631 g/mol. The first kappa shape index (κ1) is 31.7. The van der Waals surface area contributed by atoms with Crippen molar-refractivity contribution in [2.24, 2.45) is 0 Å². The molecule has 21 nitrogen and oxygen atoms in total. The minimum Gasteiger partial charge on any atom is -0.452 e. The minimum absolute atomic E-state index is 0.0421. The van der Waals surface area contributed by atoms with E-state index in [0.717, 1.165) is 13.3 Å². The minimum atomic E-state index is -5.40. The van der Waals surface area contributed by atoms with E-state index < -0.39 is 90.1 Å². The Morgan fingerprint density at radius 2 is 1.63 bits per heavy atom. The van der Waals surface area contributed by atoms with Crippen LogP contribution in [0, 0.1) is 0 Å². The molecule has 2 saturated heterocycles. The van der Waals surface area contributed by atoms with E-state index in [0.29, 0.717) is 0 Å². The van der Waals surface area contributed by atoms with E-state index in [2.05, 4.69) is 28.3 Å². The van der Waals surface area contributed by atoms with Crippen LogP contribution in [0.3, 0.4) is 0 Å². The molecule has 2 fully saturated rings. The molecule has 230 valence electrons. The Morgan fingerprint density at radius 1 is 1.02 bits per heavy atom. The number of hydrogen-bond acceptors (Lipinski definition) is 18. The van der Waals surface area contributed by atoms with Crippen molar-refractivity contribution in [1.82, 2.24) is 19.5 Å². The first-order chi connectivity index (χ1) is 19.1. The van der Waals surface area contributed by atoms with Crippen LogP contribution in [0.1, 0.15) is 13.2 Å². The molecule has 2 aliphatic heterocycles. The smallest absolute Gasteiger partial charge is 0.452 e. The van der Waals surface area contributed by atoms with Gasteiger partial charge in [-0.25, -0.2) is 28.9 Å². The monoisotopic (exact) mass is 631 g/mol. The lowest BCUT2D eigenvalue weighted by atomic mass is 10.1. The van der Waals surface area contributed by atoms with Crippen LogP contribution >= 0.6 is 15.6 Å². The van der Waals surface area contributed by atoms with Gasteiger partial charge in [0, 0.05) is 0 Å². The Hall–Kier alpha value is -2.20. The fourth-order valence-electron chi connectivity index (χ4n) is 3.88. The van der Waals surface area contributed by atoms with E-state index >= 15 is 0 Å². The Morgan fingerprint density at radius 3 is 2.24 bits per heavy atom. The molecule has 0 radical (unpaired) electrons. The number of rotatable bonds is 11. The molecule has 2 aromatic rings. The van der Waals surface area contributed by atoms with Crippen LogP contribution in [0.2, 0.25) is 0 Å². The zero-order chi connectivity index (χ0) is 30.3. The lowest BCUT2D eigenvalue weighted by Crippen LogP contribution is -2.40. The van der Waals surface area contributed by atoms with E-state index in [1.54, 1.807) is 0 Å².